The lowest BCUT2D eigenvalue weighted by Gasteiger charge is -2.32. The lowest BCUT2D eigenvalue weighted by molar-refractivity contribution is -0.142. The highest BCUT2D eigenvalue weighted by molar-refractivity contribution is 5.83. The Morgan fingerprint density at radius 2 is 2.33 bits per heavy atom. The van der Waals surface area contributed by atoms with Crippen LogP contribution in [0.2, 0.25) is 0 Å². The Morgan fingerprint density at radius 1 is 1.52 bits per heavy atom. The minimum Gasteiger partial charge on any atom is -0.480 e. The fraction of sp³-hybridized carbons (Fsp3) is 0.615. The number of carbonyl (C=O) groups excluding carboxylic acids is 1. The molecule has 2 amide bonds. The smallest absolute Gasteiger partial charge is 0.326 e. The van der Waals surface area contributed by atoms with Crippen molar-refractivity contribution in [2.24, 2.45) is 0 Å². The number of aromatic amines is 1. The van der Waals surface area contributed by atoms with Crippen LogP contribution in [0.1, 0.15) is 24.7 Å². The molecule has 1 unspecified atom stereocenters. The molecule has 1 aromatic rings. The van der Waals surface area contributed by atoms with Gasteiger partial charge in [-0.1, -0.05) is 6.92 Å². The summed E-state index contributed by atoms with van der Waals surface area (Å²) in [5, 5.41) is 15.2. The van der Waals surface area contributed by atoms with Gasteiger partial charge in [-0.15, -0.1) is 0 Å². The number of nitrogens with one attached hydrogen (secondary N) is 3. The molecule has 21 heavy (non-hydrogen) atoms. The topological polar surface area (TPSA) is 110 Å². The van der Waals surface area contributed by atoms with Crippen molar-refractivity contribution >= 4 is 12.0 Å². The van der Waals surface area contributed by atoms with Gasteiger partial charge >= 0.3 is 12.0 Å². The zero-order chi connectivity index (χ0) is 15.2. The van der Waals surface area contributed by atoms with Crippen LogP contribution in [0.3, 0.4) is 0 Å². The van der Waals surface area contributed by atoms with E-state index in [9.17, 15) is 14.7 Å². The average Bonchev–Trinajstić information content (AvgIpc) is 2.92. The van der Waals surface area contributed by atoms with Crippen LogP contribution in [-0.4, -0.2) is 57.7 Å². The summed E-state index contributed by atoms with van der Waals surface area (Å²) in [7, 11) is 0. The maximum Gasteiger partial charge on any atom is 0.326 e. The lowest BCUT2D eigenvalue weighted by atomic mass is 10.0. The molecule has 116 valence electrons. The first kappa shape index (κ1) is 15.3. The Labute approximate surface area is 122 Å². The number of aliphatic carboxylic acids is 1. The zero-order valence-corrected chi connectivity index (χ0v) is 12.1. The molecule has 0 radical (unpaired) electrons. The molecule has 0 aliphatic carbocycles. The number of H-pyrrole nitrogens is 1. The number of carboxylic acid groups (broad SMARTS) is 1. The van der Waals surface area contributed by atoms with E-state index < -0.39 is 12.0 Å². The second-order valence-corrected chi connectivity index (χ2v) is 4.95. The molecule has 0 spiro atoms. The number of amides is 2. The Kier molecular flexibility index (Phi) is 5.15. The maximum absolute atomic E-state index is 12.2. The largest absolute Gasteiger partial charge is 0.480 e. The molecule has 0 saturated carbocycles. The van der Waals surface area contributed by atoms with Gasteiger partial charge in [-0.05, 0) is 19.5 Å². The molecule has 2 rings (SSSR count). The van der Waals surface area contributed by atoms with E-state index in [1.807, 2.05) is 6.92 Å². The number of aromatic nitrogens is 2. The summed E-state index contributed by atoms with van der Waals surface area (Å²) in [5.74, 6) is -1.01. The molecular formula is C13H21N5O3. The van der Waals surface area contributed by atoms with Gasteiger partial charge < -0.3 is 25.6 Å². The second-order valence-electron chi connectivity index (χ2n) is 4.95. The summed E-state index contributed by atoms with van der Waals surface area (Å²) in [6, 6.07) is -1.21. The van der Waals surface area contributed by atoms with Crippen molar-refractivity contribution in [3.63, 3.8) is 0 Å². The molecular weight excluding hydrogens is 274 g/mol. The van der Waals surface area contributed by atoms with E-state index in [0.29, 0.717) is 6.54 Å². The minimum absolute atomic E-state index is 0.235. The van der Waals surface area contributed by atoms with Gasteiger partial charge in [0.25, 0.3) is 0 Å². The average molecular weight is 295 g/mol. The van der Waals surface area contributed by atoms with E-state index in [-0.39, 0.29) is 19.0 Å². The van der Waals surface area contributed by atoms with E-state index in [4.69, 9.17) is 0 Å². The molecule has 1 atom stereocenters. The molecule has 0 saturated heterocycles. The number of hydrogen-bond donors (Lipinski definition) is 4. The van der Waals surface area contributed by atoms with Crippen molar-refractivity contribution in [3.8, 4) is 0 Å². The lowest BCUT2D eigenvalue weighted by Crippen LogP contribution is -2.52. The SMILES string of the molecule is CCNCCCNC(=O)N1Cc2[nH]cnc2CC1C(=O)O. The number of imidazole rings is 1. The molecule has 1 aromatic heterocycles. The highest BCUT2D eigenvalue weighted by atomic mass is 16.4. The monoisotopic (exact) mass is 295 g/mol. The molecule has 1 aliphatic rings. The molecule has 0 fully saturated rings. The first-order valence-corrected chi connectivity index (χ1v) is 7.12. The molecule has 0 bridgehead atoms. The van der Waals surface area contributed by atoms with Crippen LogP contribution < -0.4 is 10.6 Å². The first-order valence-electron chi connectivity index (χ1n) is 7.12. The van der Waals surface area contributed by atoms with E-state index in [1.54, 1.807) is 0 Å². The summed E-state index contributed by atoms with van der Waals surface area (Å²) in [6.45, 7) is 4.50. The normalized spacial score (nSPS) is 17.4. The number of fused-ring (bicyclic) bond motifs is 1. The summed E-state index contributed by atoms with van der Waals surface area (Å²) in [5.41, 5.74) is 1.52. The van der Waals surface area contributed by atoms with E-state index in [1.165, 1.54) is 11.2 Å². The second kappa shape index (κ2) is 7.07. The summed E-state index contributed by atoms with van der Waals surface area (Å²) in [6.07, 6.45) is 2.57. The third-order valence-electron chi connectivity index (χ3n) is 3.50. The number of carbonyl (C=O) groups is 2. The number of carboxylic acids is 1. The number of nitrogens with zero attached hydrogens (tertiary/aromatic N) is 2. The summed E-state index contributed by atoms with van der Waals surface area (Å²) >= 11 is 0. The Hall–Kier alpha value is -2.09. The van der Waals surface area contributed by atoms with E-state index in [2.05, 4.69) is 20.6 Å². The standard InChI is InChI=1S/C13H21N5O3/c1-2-14-4-3-5-15-13(21)18-7-10-9(16-8-17-10)6-11(18)12(19)20/h8,11,14H,2-7H2,1H3,(H,15,21)(H,16,17)(H,19,20). The van der Waals surface area contributed by atoms with Gasteiger partial charge in [-0.25, -0.2) is 14.6 Å². The quantitative estimate of drug-likeness (QED) is 0.549. The number of rotatable bonds is 6. The zero-order valence-electron chi connectivity index (χ0n) is 12.1. The van der Waals surface area contributed by atoms with Crippen LogP contribution in [0.4, 0.5) is 4.79 Å². The fourth-order valence-electron chi connectivity index (χ4n) is 2.36. The predicted octanol–water partition coefficient (Wildman–Crippen LogP) is -0.0698. The molecule has 8 nitrogen and oxygen atoms in total. The van der Waals surface area contributed by atoms with Gasteiger partial charge in [0.05, 0.1) is 24.3 Å². The summed E-state index contributed by atoms with van der Waals surface area (Å²) in [4.78, 5) is 31.9. The Morgan fingerprint density at radius 3 is 3.05 bits per heavy atom. The van der Waals surface area contributed by atoms with Gasteiger partial charge in [-0.3, -0.25) is 0 Å². The van der Waals surface area contributed by atoms with Gasteiger partial charge in [0.15, 0.2) is 0 Å². The van der Waals surface area contributed by atoms with Crippen molar-refractivity contribution < 1.29 is 14.7 Å². The fourth-order valence-corrected chi connectivity index (χ4v) is 2.36. The van der Waals surface area contributed by atoms with Crippen LogP contribution in [0, 0.1) is 0 Å². The van der Waals surface area contributed by atoms with Crippen LogP contribution in [0.5, 0.6) is 0 Å². The van der Waals surface area contributed by atoms with Gasteiger partial charge in [0.1, 0.15) is 6.04 Å². The van der Waals surface area contributed by atoms with Gasteiger partial charge in [0, 0.05) is 13.0 Å². The van der Waals surface area contributed by atoms with E-state index >= 15 is 0 Å². The third-order valence-corrected chi connectivity index (χ3v) is 3.50. The van der Waals surface area contributed by atoms with Crippen molar-refractivity contribution in [3.05, 3.63) is 17.7 Å². The number of urea groups is 1. The van der Waals surface area contributed by atoms with Crippen molar-refractivity contribution in [1.29, 1.82) is 0 Å². The highest BCUT2D eigenvalue weighted by Crippen LogP contribution is 2.20. The molecule has 8 heteroatoms. The predicted molar refractivity (Wildman–Crippen MR) is 75.8 cm³/mol. The molecule has 2 heterocycles. The van der Waals surface area contributed by atoms with Gasteiger partial charge in [0.2, 0.25) is 0 Å². The summed E-state index contributed by atoms with van der Waals surface area (Å²) < 4.78 is 0. The minimum atomic E-state index is -1.01. The molecule has 0 aromatic carbocycles. The van der Waals surface area contributed by atoms with Crippen LogP contribution in [0.25, 0.3) is 0 Å². The Balaban J connectivity index is 1.93. The van der Waals surface area contributed by atoms with Crippen molar-refractivity contribution in [1.82, 2.24) is 25.5 Å². The van der Waals surface area contributed by atoms with Crippen LogP contribution in [0.15, 0.2) is 6.33 Å². The maximum atomic E-state index is 12.2. The van der Waals surface area contributed by atoms with E-state index in [0.717, 1.165) is 30.9 Å². The number of hydrogen-bond acceptors (Lipinski definition) is 4. The first-order chi connectivity index (χ1) is 10.1. The highest BCUT2D eigenvalue weighted by Gasteiger charge is 2.35. The van der Waals surface area contributed by atoms with Gasteiger partial charge in [-0.2, -0.15) is 0 Å². The molecule has 1 aliphatic heterocycles. The third kappa shape index (κ3) is 3.72. The van der Waals surface area contributed by atoms with Crippen LogP contribution in [-0.2, 0) is 17.8 Å². The van der Waals surface area contributed by atoms with Crippen LogP contribution >= 0.6 is 0 Å². The van der Waals surface area contributed by atoms with Crippen molar-refractivity contribution in [2.45, 2.75) is 32.4 Å². The Bertz CT molecular complexity index is 502. The van der Waals surface area contributed by atoms with Crippen molar-refractivity contribution in [2.75, 3.05) is 19.6 Å². The molecule has 4 N–H and O–H groups in total.